The monoisotopic (exact) mass is 398 g/mol. The van der Waals surface area contributed by atoms with Crippen LogP contribution < -0.4 is 11.1 Å². The van der Waals surface area contributed by atoms with Crippen LogP contribution in [0.25, 0.3) is 0 Å². The number of aliphatic hydroxyl groups excluding tert-OH is 1. The summed E-state index contributed by atoms with van der Waals surface area (Å²) < 4.78 is 0. The van der Waals surface area contributed by atoms with E-state index in [9.17, 15) is 14.7 Å². The molecule has 0 aromatic carbocycles. The number of H-pyrrole nitrogens is 2. The topological polar surface area (TPSA) is 112 Å². The number of aromatic amines is 2. The van der Waals surface area contributed by atoms with E-state index in [1.54, 1.807) is 0 Å². The van der Waals surface area contributed by atoms with Gasteiger partial charge in [0.15, 0.2) is 0 Å². The van der Waals surface area contributed by atoms with Crippen molar-refractivity contribution in [1.29, 1.82) is 0 Å². The van der Waals surface area contributed by atoms with E-state index in [2.05, 4.69) is 41.2 Å². The molecule has 2 fully saturated rings. The SMILES string of the molecule is CC(C)c1cc(C2CCC(C(C)c3cc(C4CC(O)C4)c(=O)[nH]n3)C2)c(=O)[nH]n1. The van der Waals surface area contributed by atoms with Crippen LogP contribution >= 0.6 is 0 Å². The minimum atomic E-state index is -0.293. The molecule has 0 amide bonds. The number of aromatic nitrogens is 4. The molecule has 0 spiro atoms. The molecule has 3 atom stereocenters. The van der Waals surface area contributed by atoms with Crippen LogP contribution in [-0.2, 0) is 0 Å². The molecule has 7 nitrogen and oxygen atoms in total. The zero-order valence-corrected chi connectivity index (χ0v) is 17.3. The van der Waals surface area contributed by atoms with Crippen molar-refractivity contribution in [2.24, 2.45) is 5.92 Å². The van der Waals surface area contributed by atoms with E-state index in [0.29, 0.717) is 18.8 Å². The van der Waals surface area contributed by atoms with Gasteiger partial charge in [0.2, 0.25) is 0 Å². The van der Waals surface area contributed by atoms with Crippen molar-refractivity contribution in [3.05, 3.63) is 55.4 Å². The summed E-state index contributed by atoms with van der Waals surface area (Å²) in [5, 5.41) is 23.4. The fraction of sp³-hybridized carbons (Fsp3) is 0.636. The van der Waals surface area contributed by atoms with Gasteiger partial charge in [-0.1, -0.05) is 20.8 Å². The molecule has 0 saturated heterocycles. The highest BCUT2D eigenvalue weighted by Crippen LogP contribution is 2.44. The lowest BCUT2D eigenvalue weighted by Crippen LogP contribution is -2.31. The summed E-state index contributed by atoms with van der Waals surface area (Å²) in [7, 11) is 0. The van der Waals surface area contributed by atoms with Gasteiger partial charge in [0, 0.05) is 17.0 Å². The lowest BCUT2D eigenvalue weighted by molar-refractivity contribution is 0.0740. The highest BCUT2D eigenvalue weighted by Gasteiger charge is 2.34. The molecule has 0 radical (unpaired) electrons. The van der Waals surface area contributed by atoms with Gasteiger partial charge in [0.05, 0.1) is 17.5 Å². The van der Waals surface area contributed by atoms with Crippen LogP contribution in [0.4, 0.5) is 0 Å². The maximum Gasteiger partial charge on any atom is 0.267 e. The van der Waals surface area contributed by atoms with E-state index in [0.717, 1.165) is 41.8 Å². The molecule has 2 aliphatic rings. The van der Waals surface area contributed by atoms with Crippen LogP contribution in [0.5, 0.6) is 0 Å². The molecule has 29 heavy (non-hydrogen) atoms. The van der Waals surface area contributed by atoms with Crippen LogP contribution in [0.3, 0.4) is 0 Å². The average Bonchev–Trinajstić information content (AvgIpc) is 3.15. The van der Waals surface area contributed by atoms with Crippen molar-refractivity contribution in [1.82, 2.24) is 20.4 Å². The summed E-state index contributed by atoms with van der Waals surface area (Å²) in [6, 6.07) is 3.91. The van der Waals surface area contributed by atoms with Crippen LogP contribution in [0.1, 0.15) is 99.1 Å². The van der Waals surface area contributed by atoms with Crippen molar-refractivity contribution in [2.75, 3.05) is 0 Å². The van der Waals surface area contributed by atoms with Crippen molar-refractivity contribution in [3.63, 3.8) is 0 Å². The Bertz CT molecular complexity index is 990. The second kappa shape index (κ2) is 7.86. The van der Waals surface area contributed by atoms with Crippen LogP contribution in [-0.4, -0.2) is 31.6 Å². The molecule has 0 bridgehead atoms. The number of aliphatic hydroxyl groups is 1. The van der Waals surface area contributed by atoms with E-state index in [1.807, 2.05) is 12.1 Å². The molecule has 4 rings (SSSR count). The Kier molecular flexibility index (Phi) is 5.42. The van der Waals surface area contributed by atoms with E-state index in [4.69, 9.17) is 0 Å². The summed E-state index contributed by atoms with van der Waals surface area (Å²) in [5.41, 5.74) is 3.18. The first-order chi connectivity index (χ1) is 13.8. The summed E-state index contributed by atoms with van der Waals surface area (Å²) in [6.07, 6.45) is 3.95. The van der Waals surface area contributed by atoms with Crippen molar-refractivity contribution in [3.8, 4) is 0 Å². The Morgan fingerprint density at radius 1 is 0.897 bits per heavy atom. The minimum Gasteiger partial charge on any atom is -0.393 e. The van der Waals surface area contributed by atoms with Crippen molar-refractivity contribution < 1.29 is 5.11 Å². The zero-order valence-electron chi connectivity index (χ0n) is 17.3. The minimum absolute atomic E-state index is 0.0827. The van der Waals surface area contributed by atoms with Gasteiger partial charge in [-0.05, 0) is 67.9 Å². The average molecular weight is 399 g/mol. The second-order valence-corrected chi connectivity index (χ2v) is 9.19. The molecular weight excluding hydrogens is 368 g/mol. The van der Waals surface area contributed by atoms with Gasteiger partial charge < -0.3 is 5.11 Å². The number of nitrogens with zero attached hydrogens (tertiary/aromatic N) is 2. The first-order valence-electron chi connectivity index (χ1n) is 10.7. The first-order valence-corrected chi connectivity index (χ1v) is 10.7. The van der Waals surface area contributed by atoms with E-state index >= 15 is 0 Å². The molecule has 2 aliphatic carbocycles. The van der Waals surface area contributed by atoms with Gasteiger partial charge in [-0.3, -0.25) is 9.59 Å². The molecule has 3 unspecified atom stereocenters. The van der Waals surface area contributed by atoms with Crippen LogP contribution in [0.15, 0.2) is 21.7 Å². The largest absolute Gasteiger partial charge is 0.393 e. The number of hydrogen-bond acceptors (Lipinski definition) is 5. The lowest BCUT2D eigenvalue weighted by atomic mass is 9.77. The van der Waals surface area contributed by atoms with Crippen LogP contribution in [0, 0.1) is 5.92 Å². The number of nitrogens with one attached hydrogen (secondary N) is 2. The third kappa shape index (κ3) is 3.92. The van der Waals surface area contributed by atoms with E-state index < -0.39 is 0 Å². The maximum absolute atomic E-state index is 12.4. The molecule has 2 aromatic heterocycles. The van der Waals surface area contributed by atoms with E-state index in [-0.39, 0.29) is 40.9 Å². The predicted octanol–water partition coefficient (Wildman–Crippen LogP) is 2.90. The molecule has 2 heterocycles. The molecule has 2 aromatic rings. The third-order valence-corrected chi connectivity index (χ3v) is 6.94. The van der Waals surface area contributed by atoms with Gasteiger partial charge in [-0.25, -0.2) is 10.2 Å². The molecule has 7 heteroatoms. The van der Waals surface area contributed by atoms with Gasteiger partial charge in [0.1, 0.15) is 0 Å². The van der Waals surface area contributed by atoms with Gasteiger partial charge in [0.25, 0.3) is 11.1 Å². The second-order valence-electron chi connectivity index (χ2n) is 9.19. The fourth-order valence-electron chi connectivity index (χ4n) is 4.85. The summed E-state index contributed by atoms with van der Waals surface area (Å²) >= 11 is 0. The quantitative estimate of drug-likeness (QED) is 0.717. The van der Waals surface area contributed by atoms with Crippen molar-refractivity contribution in [2.45, 2.75) is 82.7 Å². The molecular formula is C22H30N4O3. The Hall–Kier alpha value is -2.28. The van der Waals surface area contributed by atoms with Gasteiger partial charge in [-0.15, -0.1) is 0 Å². The summed E-state index contributed by atoms with van der Waals surface area (Å²) in [5.74, 6) is 1.24. The first kappa shape index (κ1) is 20.0. The third-order valence-electron chi connectivity index (χ3n) is 6.94. The smallest absolute Gasteiger partial charge is 0.267 e. The number of hydrogen-bond donors (Lipinski definition) is 3. The fourth-order valence-corrected chi connectivity index (χ4v) is 4.85. The van der Waals surface area contributed by atoms with Crippen LogP contribution in [0.2, 0.25) is 0 Å². The molecule has 2 saturated carbocycles. The highest BCUT2D eigenvalue weighted by atomic mass is 16.3. The standard InChI is InChI=1S/C22H30N4O3/c1-11(2)19-9-17(21(28)25-23-19)14-5-4-13(6-14)12(3)20-10-18(22(29)26-24-20)15-7-16(27)8-15/h9-16,27H,4-8H2,1-3H3,(H,25,28)(H,26,29). The van der Waals surface area contributed by atoms with Gasteiger partial charge in [-0.2, -0.15) is 10.2 Å². The van der Waals surface area contributed by atoms with Crippen molar-refractivity contribution >= 4 is 0 Å². The predicted molar refractivity (Wildman–Crippen MR) is 110 cm³/mol. The molecule has 3 N–H and O–H groups in total. The van der Waals surface area contributed by atoms with Gasteiger partial charge >= 0.3 is 0 Å². The Balaban J connectivity index is 1.51. The lowest BCUT2D eigenvalue weighted by Gasteiger charge is -2.31. The Morgan fingerprint density at radius 2 is 1.48 bits per heavy atom. The summed E-state index contributed by atoms with van der Waals surface area (Å²) in [6.45, 7) is 6.30. The zero-order chi connectivity index (χ0) is 20.7. The molecule has 156 valence electrons. The number of rotatable bonds is 5. The molecule has 0 aliphatic heterocycles. The normalized spacial score (nSPS) is 27.8. The Morgan fingerprint density at radius 3 is 2.10 bits per heavy atom. The Labute approximate surface area is 170 Å². The van der Waals surface area contributed by atoms with E-state index in [1.165, 1.54) is 0 Å². The highest BCUT2D eigenvalue weighted by molar-refractivity contribution is 5.25. The maximum atomic E-state index is 12.4. The summed E-state index contributed by atoms with van der Waals surface area (Å²) in [4.78, 5) is 24.5.